The lowest BCUT2D eigenvalue weighted by Crippen LogP contribution is -2.00. The minimum absolute atomic E-state index is 0.123. The molecule has 0 atom stereocenters. The average molecular weight is 204 g/mol. The van der Waals surface area contributed by atoms with E-state index in [2.05, 4.69) is 9.47 Å². The second-order valence-corrected chi connectivity index (χ2v) is 2.32. The van der Waals surface area contributed by atoms with E-state index in [4.69, 9.17) is 0 Å². The molecule has 0 aromatic heterocycles. The molecule has 0 bridgehead atoms. The van der Waals surface area contributed by atoms with E-state index in [1.54, 1.807) is 27.7 Å². The Morgan fingerprint density at radius 3 is 1.14 bits per heavy atom. The molecule has 14 heavy (non-hydrogen) atoms. The summed E-state index contributed by atoms with van der Waals surface area (Å²) in [5, 5.41) is 0. The van der Waals surface area contributed by atoms with Crippen molar-refractivity contribution >= 4 is 11.9 Å². The molecule has 0 rings (SSSR count). The van der Waals surface area contributed by atoms with E-state index in [9.17, 15) is 9.59 Å². The molecule has 0 spiro atoms. The van der Waals surface area contributed by atoms with Gasteiger partial charge in [-0.3, -0.25) is 9.59 Å². The summed E-state index contributed by atoms with van der Waals surface area (Å²) >= 11 is 0. The molecule has 4 nitrogen and oxygen atoms in total. The van der Waals surface area contributed by atoms with Crippen molar-refractivity contribution in [2.45, 2.75) is 40.5 Å². The van der Waals surface area contributed by atoms with Gasteiger partial charge in [-0.15, -0.1) is 0 Å². The molecule has 0 radical (unpaired) electrons. The normalized spacial score (nSPS) is 8.29. The van der Waals surface area contributed by atoms with Crippen molar-refractivity contribution in [2.75, 3.05) is 13.2 Å². The van der Waals surface area contributed by atoms with Crippen LogP contribution in [-0.4, -0.2) is 25.2 Å². The molecule has 4 heteroatoms. The van der Waals surface area contributed by atoms with Crippen molar-refractivity contribution in [1.82, 2.24) is 0 Å². The largest absolute Gasteiger partial charge is 0.466 e. The Kier molecular flexibility index (Phi) is 13.1. The minimum atomic E-state index is -0.123. The summed E-state index contributed by atoms with van der Waals surface area (Å²) in [5.74, 6) is -0.245. The fraction of sp³-hybridized carbons (Fsp3) is 0.800. The molecule has 0 aliphatic heterocycles. The number of esters is 2. The van der Waals surface area contributed by atoms with Gasteiger partial charge in [0.2, 0.25) is 0 Å². The van der Waals surface area contributed by atoms with Crippen LogP contribution < -0.4 is 0 Å². The van der Waals surface area contributed by atoms with Gasteiger partial charge in [0.25, 0.3) is 0 Å². The third kappa shape index (κ3) is 13.5. The van der Waals surface area contributed by atoms with Crippen LogP contribution in [0.1, 0.15) is 40.5 Å². The maximum Gasteiger partial charge on any atom is 0.305 e. The Labute approximate surface area is 85.6 Å². The van der Waals surface area contributed by atoms with Crippen molar-refractivity contribution in [3.8, 4) is 0 Å². The van der Waals surface area contributed by atoms with Crippen LogP contribution in [0.4, 0.5) is 0 Å². The highest BCUT2D eigenvalue weighted by molar-refractivity contribution is 5.69. The van der Waals surface area contributed by atoms with Gasteiger partial charge in [-0.2, -0.15) is 0 Å². The van der Waals surface area contributed by atoms with Crippen molar-refractivity contribution in [1.29, 1.82) is 0 Å². The van der Waals surface area contributed by atoms with Crippen molar-refractivity contribution < 1.29 is 19.1 Å². The van der Waals surface area contributed by atoms with E-state index in [0.717, 1.165) is 0 Å². The molecule has 0 fully saturated rings. The summed E-state index contributed by atoms with van der Waals surface area (Å²) in [6.07, 6.45) is 0.960. The van der Waals surface area contributed by atoms with Crippen LogP contribution in [-0.2, 0) is 19.1 Å². The smallest absolute Gasteiger partial charge is 0.305 e. The van der Waals surface area contributed by atoms with Crippen LogP contribution in [0.2, 0.25) is 0 Å². The molecule has 0 N–H and O–H groups in total. The van der Waals surface area contributed by atoms with Crippen molar-refractivity contribution in [3.05, 3.63) is 0 Å². The van der Waals surface area contributed by atoms with Crippen LogP contribution in [0.5, 0.6) is 0 Å². The monoisotopic (exact) mass is 204 g/mol. The lowest BCUT2D eigenvalue weighted by atomic mass is 10.5. The van der Waals surface area contributed by atoms with Gasteiger partial charge < -0.3 is 9.47 Å². The molecule has 0 amide bonds. The third-order valence-corrected chi connectivity index (χ3v) is 1.19. The summed E-state index contributed by atoms with van der Waals surface area (Å²) in [6.45, 7) is 8.14. The predicted molar refractivity (Wildman–Crippen MR) is 53.8 cm³/mol. The Bertz CT molecular complexity index is 136. The summed E-state index contributed by atoms with van der Waals surface area (Å²) in [7, 11) is 0. The van der Waals surface area contributed by atoms with Crippen LogP contribution >= 0.6 is 0 Å². The van der Waals surface area contributed by atoms with Gasteiger partial charge in [-0.25, -0.2) is 0 Å². The fourth-order valence-corrected chi connectivity index (χ4v) is 0.526. The molecule has 0 aliphatic rings. The van der Waals surface area contributed by atoms with E-state index in [0.29, 0.717) is 26.1 Å². The molecule has 0 heterocycles. The quantitative estimate of drug-likeness (QED) is 0.656. The van der Waals surface area contributed by atoms with Gasteiger partial charge in [-0.05, 0) is 13.8 Å². The van der Waals surface area contributed by atoms with E-state index >= 15 is 0 Å². The number of rotatable bonds is 4. The lowest BCUT2D eigenvalue weighted by Gasteiger charge is -1.93. The molecule has 0 aromatic rings. The highest BCUT2D eigenvalue weighted by Crippen LogP contribution is 1.81. The van der Waals surface area contributed by atoms with E-state index in [1.165, 1.54) is 0 Å². The zero-order chi connectivity index (χ0) is 11.4. The van der Waals surface area contributed by atoms with Gasteiger partial charge >= 0.3 is 11.9 Å². The first kappa shape index (κ1) is 15.4. The van der Waals surface area contributed by atoms with Crippen LogP contribution in [0.25, 0.3) is 0 Å². The Balaban J connectivity index is 0. The standard InChI is InChI=1S/2C5H10O2/c2*1-3-5(6)7-4-2/h2*3-4H2,1-2H3. The number of carbonyl (C=O) groups is 2. The first-order valence-corrected chi connectivity index (χ1v) is 4.93. The second-order valence-electron chi connectivity index (χ2n) is 2.32. The Morgan fingerprint density at radius 1 is 0.786 bits per heavy atom. The molecule has 0 aromatic carbocycles. The van der Waals surface area contributed by atoms with Crippen LogP contribution in [0.15, 0.2) is 0 Å². The number of hydrogen-bond acceptors (Lipinski definition) is 4. The van der Waals surface area contributed by atoms with Gasteiger partial charge in [0.05, 0.1) is 13.2 Å². The van der Waals surface area contributed by atoms with E-state index in [1.807, 2.05) is 0 Å². The van der Waals surface area contributed by atoms with Gasteiger partial charge in [0.1, 0.15) is 0 Å². The zero-order valence-corrected chi connectivity index (χ0v) is 9.46. The Morgan fingerprint density at radius 2 is 1.07 bits per heavy atom. The molecule has 84 valence electrons. The van der Waals surface area contributed by atoms with Crippen molar-refractivity contribution in [3.63, 3.8) is 0 Å². The van der Waals surface area contributed by atoms with Crippen LogP contribution in [0.3, 0.4) is 0 Å². The maximum absolute atomic E-state index is 10.2. The first-order chi connectivity index (χ1) is 6.62. The second kappa shape index (κ2) is 11.9. The summed E-state index contributed by atoms with van der Waals surface area (Å²) in [6, 6.07) is 0. The molecule has 0 aliphatic carbocycles. The SMILES string of the molecule is CCOC(=O)CC.CCOC(=O)CC. The van der Waals surface area contributed by atoms with Crippen molar-refractivity contribution in [2.24, 2.45) is 0 Å². The summed E-state index contributed by atoms with van der Waals surface area (Å²) < 4.78 is 9.10. The van der Waals surface area contributed by atoms with Gasteiger partial charge in [0, 0.05) is 12.8 Å². The molecule has 0 unspecified atom stereocenters. The molecule has 0 saturated carbocycles. The number of ether oxygens (including phenoxy) is 2. The lowest BCUT2D eigenvalue weighted by molar-refractivity contribution is -0.143. The van der Waals surface area contributed by atoms with Gasteiger partial charge in [0.15, 0.2) is 0 Å². The average Bonchev–Trinajstić information content (AvgIpc) is 2.19. The number of hydrogen-bond donors (Lipinski definition) is 0. The maximum atomic E-state index is 10.2. The van der Waals surface area contributed by atoms with Crippen LogP contribution in [0, 0.1) is 0 Å². The summed E-state index contributed by atoms with van der Waals surface area (Å²) in [4.78, 5) is 20.4. The molecular weight excluding hydrogens is 184 g/mol. The zero-order valence-electron chi connectivity index (χ0n) is 9.46. The van der Waals surface area contributed by atoms with E-state index < -0.39 is 0 Å². The Hall–Kier alpha value is -1.06. The minimum Gasteiger partial charge on any atom is -0.466 e. The summed E-state index contributed by atoms with van der Waals surface area (Å²) in [5.41, 5.74) is 0. The highest BCUT2D eigenvalue weighted by Gasteiger charge is 1.91. The van der Waals surface area contributed by atoms with Gasteiger partial charge in [-0.1, -0.05) is 13.8 Å². The topological polar surface area (TPSA) is 52.6 Å². The third-order valence-electron chi connectivity index (χ3n) is 1.19. The first-order valence-electron chi connectivity index (χ1n) is 4.93. The number of carbonyl (C=O) groups excluding carboxylic acids is 2. The molecule has 0 saturated heterocycles. The molecular formula is C10H20O4. The van der Waals surface area contributed by atoms with E-state index in [-0.39, 0.29) is 11.9 Å². The predicted octanol–water partition coefficient (Wildman–Crippen LogP) is 1.92. The highest BCUT2D eigenvalue weighted by atomic mass is 16.5. The fourth-order valence-electron chi connectivity index (χ4n) is 0.526.